The number of carbonyl (C=O) groups is 1. The van der Waals surface area contributed by atoms with E-state index in [9.17, 15) is 9.90 Å². The van der Waals surface area contributed by atoms with Crippen molar-refractivity contribution in [3.8, 4) is 17.0 Å². The van der Waals surface area contributed by atoms with Crippen molar-refractivity contribution in [3.63, 3.8) is 0 Å². The van der Waals surface area contributed by atoms with Gasteiger partial charge >= 0.3 is 0 Å². The largest absolute Gasteiger partial charge is 0.496 e. The molecule has 1 atom stereocenters. The van der Waals surface area contributed by atoms with E-state index < -0.39 is 11.9 Å². The number of methoxy groups -OCH3 is 1. The number of hydrogen-bond donors (Lipinski definition) is 2. The fraction of sp³-hybridized carbons (Fsp3) is 0.136. The lowest BCUT2D eigenvalue weighted by Gasteiger charge is -2.16. The number of nitrogens with one attached hydrogen (secondary N) is 1. The molecule has 3 aromatic rings. The summed E-state index contributed by atoms with van der Waals surface area (Å²) in [6.45, 7) is 1.52. The molecular formula is C22H17FN2O3S2. The number of aliphatic hydroxyl groups is 1. The van der Waals surface area contributed by atoms with E-state index in [0.717, 1.165) is 0 Å². The maximum atomic E-state index is 15.5. The summed E-state index contributed by atoms with van der Waals surface area (Å²) in [7, 11) is 1.49. The van der Waals surface area contributed by atoms with Crippen molar-refractivity contribution in [3.05, 3.63) is 64.3 Å². The lowest BCUT2D eigenvalue weighted by molar-refractivity contribution is -0.115. The van der Waals surface area contributed by atoms with Crippen LogP contribution in [0.15, 0.2) is 47.4 Å². The highest BCUT2D eigenvalue weighted by atomic mass is 32.2. The van der Waals surface area contributed by atoms with Crippen LogP contribution >= 0.6 is 24.0 Å². The Morgan fingerprint density at radius 2 is 2.07 bits per heavy atom. The van der Waals surface area contributed by atoms with Crippen LogP contribution < -0.4 is 10.1 Å². The first kappa shape index (κ1) is 20.5. The predicted octanol–water partition coefficient (Wildman–Crippen LogP) is 4.59. The van der Waals surface area contributed by atoms with Gasteiger partial charge in [0.15, 0.2) is 5.82 Å². The molecule has 8 heteroatoms. The SMILES string of the molecule is COc1ccc(/C=C2\SC(=S)NC2=O)cc1-c1nc2ccccc2c(C(C)O)c1F. The lowest BCUT2D eigenvalue weighted by atomic mass is 9.98. The molecule has 1 aliphatic heterocycles. The van der Waals surface area contributed by atoms with Gasteiger partial charge in [0.2, 0.25) is 0 Å². The normalized spacial score (nSPS) is 16.2. The highest BCUT2D eigenvalue weighted by Gasteiger charge is 2.24. The Morgan fingerprint density at radius 3 is 2.73 bits per heavy atom. The average Bonchev–Trinajstić information content (AvgIpc) is 3.03. The second-order valence-corrected chi connectivity index (χ2v) is 8.41. The molecule has 1 aliphatic rings. The van der Waals surface area contributed by atoms with Crippen molar-refractivity contribution in [2.24, 2.45) is 0 Å². The van der Waals surface area contributed by atoms with Gasteiger partial charge in [0.25, 0.3) is 5.91 Å². The fourth-order valence-electron chi connectivity index (χ4n) is 3.37. The van der Waals surface area contributed by atoms with Crippen LogP contribution in [-0.4, -0.2) is 27.4 Å². The zero-order chi connectivity index (χ0) is 21.4. The Kier molecular flexibility index (Phi) is 5.55. The number of benzene rings is 2. The molecule has 1 fully saturated rings. The molecule has 2 N–H and O–H groups in total. The van der Waals surface area contributed by atoms with Gasteiger partial charge in [0.1, 0.15) is 15.8 Å². The van der Waals surface area contributed by atoms with Gasteiger partial charge in [-0.2, -0.15) is 0 Å². The fourth-order valence-corrected chi connectivity index (χ4v) is 4.42. The number of hydrogen-bond acceptors (Lipinski definition) is 6. The first-order valence-corrected chi connectivity index (χ1v) is 10.3. The standard InChI is InChI=1S/C22H17FN2O3S2/c1-11(26)18-13-5-3-4-6-15(13)24-20(19(18)23)14-9-12(7-8-16(14)28-2)10-17-21(27)25-22(29)30-17/h3-11,26H,1-2H3,(H,25,27,29)/b17-10-. The zero-order valence-corrected chi connectivity index (χ0v) is 17.7. The molecule has 0 radical (unpaired) electrons. The van der Waals surface area contributed by atoms with Crippen LogP contribution in [0.3, 0.4) is 0 Å². The molecule has 0 bridgehead atoms. The first-order valence-electron chi connectivity index (χ1n) is 9.08. The van der Waals surface area contributed by atoms with Crippen LogP contribution in [0.1, 0.15) is 24.2 Å². The highest BCUT2D eigenvalue weighted by molar-refractivity contribution is 8.26. The molecular weight excluding hydrogens is 423 g/mol. The third-order valence-corrected chi connectivity index (χ3v) is 5.87. The van der Waals surface area contributed by atoms with Crippen LogP contribution in [0.2, 0.25) is 0 Å². The van der Waals surface area contributed by atoms with E-state index in [1.54, 1.807) is 48.5 Å². The summed E-state index contributed by atoms with van der Waals surface area (Å²) in [5.41, 5.74) is 1.90. The molecule has 1 saturated heterocycles. The molecule has 4 rings (SSSR count). The van der Waals surface area contributed by atoms with Gasteiger partial charge in [-0.3, -0.25) is 4.79 Å². The maximum absolute atomic E-state index is 15.5. The maximum Gasteiger partial charge on any atom is 0.263 e. The van der Waals surface area contributed by atoms with Gasteiger partial charge in [0.05, 0.1) is 23.6 Å². The molecule has 5 nitrogen and oxygen atoms in total. The number of fused-ring (bicyclic) bond motifs is 1. The van der Waals surface area contributed by atoms with Crippen LogP contribution in [0, 0.1) is 5.82 Å². The summed E-state index contributed by atoms with van der Waals surface area (Å²) >= 11 is 6.19. The van der Waals surface area contributed by atoms with Crippen LogP contribution in [0.25, 0.3) is 28.2 Å². The van der Waals surface area contributed by atoms with Crippen molar-refractivity contribution in [1.29, 1.82) is 0 Å². The Hall–Kier alpha value is -2.81. The Balaban J connectivity index is 1.93. The van der Waals surface area contributed by atoms with E-state index in [4.69, 9.17) is 17.0 Å². The third-order valence-electron chi connectivity index (χ3n) is 4.71. The molecule has 30 heavy (non-hydrogen) atoms. The van der Waals surface area contributed by atoms with Crippen LogP contribution in [-0.2, 0) is 4.79 Å². The number of rotatable bonds is 4. The Bertz CT molecular complexity index is 1220. The molecule has 0 saturated carbocycles. The van der Waals surface area contributed by atoms with Crippen molar-refractivity contribution >= 4 is 51.2 Å². The van der Waals surface area contributed by atoms with Crippen molar-refractivity contribution in [1.82, 2.24) is 10.3 Å². The first-order chi connectivity index (χ1) is 14.4. The van der Waals surface area contributed by atoms with E-state index in [-0.39, 0.29) is 17.2 Å². The second kappa shape index (κ2) is 8.14. The number of aliphatic hydroxyl groups excluding tert-OH is 1. The second-order valence-electron chi connectivity index (χ2n) is 6.69. The van der Waals surface area contributed by atoms with Gasteiger partial charge in [-0.25, -0.2) is 9.37 Å². The molecule has 1 unspecified atom stereocenters. The van der Waals surface area contributed by atoms with E-state index in [0.29, 0.717) is 37.0 Å². The lowest BCUT2D eigenvalue weighted by Crippen LogP contribution is -2.17. The number of nitrogens with zero attached hydrogens (tertiary/aromatic N) is 1. The average molecular weight is 441 g/mol. The molecule has 0 spiro atoms. The number of thiocarbonyl (C=S) groups is 1. The number of thioether (sulfide) groups is 1. The summed E-state index contributed by atoms with van der Waals surface area (Å²) in [6.07, 6.45) is 0.657. The number of amides is 1. The molecule has 152 valence electrons. The summed E-state index contributed by atoms with van der Waals surface area (Å²) < 4.78 is 21.4. The van der Waals surface area contributed by atoms with Gasteiger partial charge in [0, 0.05) is 16.5 Å². The Morgan fingerprint density at radius 1 is 1.30 bits per heavy atom. The van der Waals surface area contributed by atoms with E-state index in [1.807, 2.05) is 0 Å². The van der Waals surface area contributed by atoms with E-state index >= 15 is 4.39 Å². The summed E-state index contributed by atoms with van der Waals surface area (Å²) in [6, 6.07) is 12.2. The molecule has 2 heterocycles. The Labute approximate surface area is 182 Å². The van der Waals surface area contributed by atoms with Crippen LogP contribution in [0.4, 0.5) is 4.39 Å². The van der Waals surface area contributed by atoms with Crippen LogP contribution in [0.5, 0.6) is 5.75 Å². The number of pyridine rings is 1. The van der Waals surface area contributed by atoms with Crippen molar-refractivity contribution in [2.75, 3.05) is 7.11 Å². The summed E-state index contributed by atoms with van der Waals surface area (Å²) in [5, 5.41) is 13.4. The van der Waals surface area contributed by atoms with E-state index in [2.05, 4.69) is 10.3 Å². The quantitative estimate of drug-likeness (QED) is 0.457. The summed E-state index contributed by atoms with van der Waals surface area (Å²) in [5.74, 6) is -0.454. The van der Waals surface area contributed by atoms with Gasteiger partial charge in [-0.1, -0.05) is 48.2 Å². The number of carbonyl (C=O) groups excluding carboxylic acids is 1. The highest BCUT2D eigenvalue weighted by Crippen LogP contribution is 2.37. The zero-order valence-electron chi connectivity index (χ0n) is 16.1. The number of aromatic nitrogens is 1. The number of halogens is 1. The van der Waals surface area contributed by atoms with Crippen molar-refractivity contribution in [2.45, 2.75) is 13.0 Å². The van der Waals surface area contributed by atoms with Crippen molar-refractivity contribution < 1.29 is 19.0 Å². The van der Waals surface area contributed by atoms with Gasteiger partial charge in [-0.05, 0) is 36.8 Å². The van der Waals surface area contributed by atoms with Gasteiger partial charge in [-0.15, -0.1) is 0 Å². The minimum absolute atomic E-state index is 0.0701. The predicted molar refractivity (Wildman–Crippen MR) is 121 cm³/mol. The molecule has 1 amide bonds. The molecule has 1 aromatic heterocycles. The number of para-hydroxylation sites is 1. The molecule has 0 aliphatic carbocycles. The van der Waals surface area contributed by atoms with E-state index in [1.165, 1.54) is 25.8 Å². The summed E-state index contributed by atoms with van der Waals surface area (Å²) in [4.78, 5) is 16.9. The topological polar surface area (TPSA) is 71.5 Å². The minimum atomic E-state index is -1.02. The third kappa shape index (κ3) is 3.69. The number of ether oxygens (including phenoxy) is 1. The molecule has 2 aromatic carbocycles. The smallest absolute Gasteiger partial charge is 0.263 e. The van der Waals surface area contributed by atoms with Gasteiger partial charge < -0.3 is 15.2 Å². The monoisotopic (exact) mass is 440 g/mol. The minimum Gasteiger partial charge on any atom is -0.496 e.